The molecule has 0 unspecified atom stereocenters. The van der Waals surface area contributed by atoms with Crippen LogP contribution < -0.4 is 5.32 Å². The van der Waals surface area contributed by atoms with Gasteiger partial charge in [-0.1, -0.05) is 30.3 Å². The van der Waals surface area contributed by atoms with Gasteiger partial charge >= 0.3 is 0 Å². The van der Waals surface area contributed by atoms with Crippen LogP contribution in [0.15, 0.2) is 72.9 Å². The summed E-state index contributed by atoms with van der Waals surface area (Å²) in [6, 6.07) is 21.8. The lowest BCUT2D eigenvalue weighted by Gasteiger charge is -2.12. The number of pyridine rings is 1. The summed E-state index contributed by atoms with van der Waals surface area (Å²) < 4.78 is 0. The van der Waals surface area contributed by atoms with Crippen molar-refractivity contribution in [1.82, 2.24) is 4.98 Å². The van der Waals surface area contributed by atoms with Gasteiger partial charge in [0.25, 0.3) is 0 Å². The summed E-state index contributed by atoms with van der Waals surface area (Å²) in [5.41, 5.74) is 1.63. The van der Waals surface area contributed by atoms with Crippen LogP contribution in [0.4, 0.5) is 11.5 Å². The van der Waals surface area contributed by atoms with Crippen molar-refractivity contribution in [2.75, 3.05) is 5.32 Å². The molecule has 1 aromatic heterocycles. The van der Waals surface area contributed by atoms with Crippen molar-refractivity contribution in [3.05, 3.63) is 78.5 Å². The summed E-state index contributed by atoms with van der Waals surface area (Å²) >= 11 is 0. The number of carbonyl (C=O) groups is 1. The van der Waals surface area contributed by atoms with Crippen molar-refractivity contribution in [3.63, 3.8) is 0 Å². The first-order valence-corrected chi connectivity index (χ1v) is 7.44. The number of aldehydes is 1. The third-order valence-corrected chi connectivity index (χ3v) is 3.97. The SMILES string of the molecule is O=Cc1ccc(Nc2ccccn2)c2cc3ccccc3cc12. The Bertz CT molecular complexity index is 1010. The summed E-state index contributed by atoms with van der Waals surface area (Å²) in [5.74, 6) is 0.779. The van der Waals surface area contributed by atoms with Crippen LogP contribution in [0.5, 0.6) is 0 Å². The predicted octanol–water partition coefficient (Wildman–Crippen LogP) is 4.94. The molecule has 0 spiro atoms. The van der Waals surface area contributed by atoms with E-state index in [-0.39, 0.29) is 0 Å². The van der Waals surface area contributed by atoms with Crippen molar-refractivity contribution < 1.29 is 4.79 Å². The second kappa shape index (κ2) is 5.54. The summed E-state index contributed by atoms with van der Waals surface area (Å²) in [6.45, 7) is 0. The second-order valence-electron chi connectivity index (χ2n) is 5.41. The van der Waals surface area contributed by atoms with Gasteiger partial charge in [-0.2, -0.15) is 0 Å². The van der Waals surface area contributed by atoms with Crippen LogP contribution in [0.2, 0.25) is 0 Å². The number of carbonyl (C=O) groups excluding carboxylic acids is 1. The highest BCUT2D eigenvalue weighted by atomic mass is 16.1. The monoisotopic (exact) mass is 298 g/mol. The van der Waals surface area contributed by atoms with Crippen LogP contribution in [0.25, 0.3) is 21.5 Å². The van der Waals surface area contributed by atoms with Gasteiger partial charge in [0, 0.05) is 22.8 Å². The first kappa shape index (κ1) is 13.5. The van der Waals surface area contributed by atoms with Crippen molar-refractivity contribution in [1.29, 1.82) is 0 Å². The van der Waals surface area contributed by atoms with Gasteiger partial charge in [-0.05, 0) is 52.6 Å². The van der Waals surface area contributed by atoms with E-state index in [0.717, 1.165) is 39.3 Å². The zero-order valence-electron chi connectivity index (χ0n) is 12.4. The molecular formula is C20H14N2O. The van der Waals surface area contributed by atoms with Gasteiger partial charge in [-0.25, -0.2) is 4.98 Å². The maximum Gasteiger partial charge on any atom is 0.150 e. The Hall–Kier alpha value is -3.20. The summed E-state index contributed by atoms with van der Waals surface area (Å²) in [4.78, 5) is 15.7. The third-order valence-electron chi connectivity index (χ3n) is 3.97. The van der Waals surface area contributed by atoms with E-state index < -0.39 is 0 Å². The van der Waals surface area contributed by atoms with Crippen molar-refractivity contribution >= 4 is 39.3 Å². The second-order valence-corrected chi connectivity index (χ2v) is 5.41. The van der Waals surface area contributed by atoms with Gasteiger partial charge in [0.1, 0.15) is 5.82 Å². The quantitative estimate of drug-likeness (QED) is 0.430. The fraction of sp³-hybridized carbons (Fsp3) is 0. The van der Waals surface area contributed by atoms with E-state index in [4.69, 9.17) is 0 Å². The lowest BCUT2D eigenvalue weighted by molar-refractivity contribution is 0.112. The standard InChI is InChI=1S/C20H14N2O/c23-13-16-8-9-19(22-20-7-3-4-10-21-20)18-12-15-6-2-1-5-14(15)11-17(16)18/h1-13H,(H,21,22). The topological polar surface area (TPSA) is 42.0 Å². The van der Waals surface area contributed by atoms with Gasteiger partial charge in [0.05, 0.1) is 0 Å². The minimum atomic E-state index is 0.692. The average molecular weight is 298 g/mol. The molecule has 0 amide bonds. The van der Waals surface area contributed by atoms with Gasteiger partial charge in [-0.15, -0.1) is 0 Å². The molecule has 3 aromatic carbocycles. The number of aromatic nitrogens is 1. The van der Waals surface area contributed by atoms with Gasteiger partial charge in [0.2, 0.25) is 0 Å². The molecule has 0 saturated carbocycles. The van der Waals surface area contributed by atoms with Crippen LogP contribution >= 0.6 is 0 Å². The smallest absolute Gasteiger partial charge is 0.150 e. The Morgan fingerprint density at radius 2 is 1.57 bits per heavy atom. The fourth-order valence-corrected chi connectivity index (χ4v) is 2.84. The van der Waals surface area contributed by atoms with E-state index in [9.17, 15) is 4.79 Å². The van der Waals surface area contributed by atoms with E-state index in [1.54, 1.807) is 6.20 Å². The highest BCUT2D eigenvalue weighted by molar-refractivity contribution is 6.10. The van der Waals surface area contributed by atoms with Crippen molar-refractivity contribution in [2.45, 2.75) is 0 Å². The first-order valence-electron chi connectivity index (χ1n) is 7.44. The maximum atomic E-state index is 11.4. The van der Waals surface area contributed by atoms with Crippen LogP contribution in [0.1, 0.15) is 10.4 Å². The molecule has 0 radical (unpaired) electrons. The van der Waals surface area contributed by atoms with E-state index in [1.165, 1.54) is 0 Å². The fourth-order valence-electron chi connectivity index (χ4n) is 2.84. The van der Waals surface area contributed by atoms with Crippen LogP contribution in [-0.2, 0) is 0 Å². The molecule has 1 N–H and O–H groups in total. The van der Waals surface area contributed by atoms with E-state index in [1.807, 2.05) is 42.5 Å². The molecule has 4 rings (SSSR count). The molecule has 110 valence electrons. The zero-order chi connectivity index (χ0) is 15.6. The zero-order valence-corrected chi connectivity index (χ0v) is 12.4. The molecular weight excluding hydrogens is 284 g/mol. The Morgan fingerprint density at radius 3 is 2.26 bits per heavy atom. The van der Waals surface area contributed by atoms with E-state index in [0.29, 0.717) is 5.56 Å². The lowest BCUT2D eigenvalue weighted by Crippen LogP contribution is -1.95. The molecule has 23 heavy (non-hydrogen) atoms. The third kappa shape index (κ3) is 2.42. The highest BCUT2D eigenvalue weighted by Crippen LogP contribution is 2.31. The van der Waals surface area contributed by atoms with Gasteiger partial charge in [-0.3, -0.25) is 4.79 Å². The average Bonchev–Trinajstić information content (AvgIpc) is 2.61. The molecule has 0 bridgehead atoms. The number of benzene rings is 3. The molecule has 0 atom stereocenters. The number of nitrogens with zero attached hydrogens (tertiary/aromatic N) is 1. The number of nitrogens with one attached hydrogen (secondary N) is 1. The molecule has 0 fully saturated rings. The normalized spacial score (nSPS) is 10.8. The summed E-state index contributed by atoms with van der Waals surface area (Å²) in [6.07, 6.45) is 2.65. The molecule has 0 aliphatic heterocycles. The lowest BCUT2D eigenvalue weighted by atomic mass is 9.99. The predicted molar refractivity (Wildman–Crippen MR) is 94.4 cm³/mol. The van der Waals surface area contributed by atoms with Crippen molar-refractivity contribution in [2.24, 2.45) is 0 Å². The van der Waals surface area contributed by atoms with E-state index >= 15 is 0 Å². The molecule has 0 aliphatic rings. The largest absolute Gasteiger partial charge is 0.340 e. The maximum absolute atomic E-state index is 11.4. The van der Waals surface area contributed by atoms with Crippen molar-refractivity contribution in [3.8, 4) is 0 Å². The molecule has 3 heteroatoms. The number of hydrogen-bond acceptors (Lipinski definition) is 3. The highest BCUT2D eigenvalue weighted by Gasteiger charge is 2.08. The minimum Gasteiger partial charge on any atom is -0.340 e. The van der Waals surface area contributed by atoms with Gasteiger partial charge in [0.15, 0.2) is 6.29 Å². The molecule has 4 aromatic rings. The Morgan fingerprint density at radius 1 is 0.826 bits per heavy atom. The molecule has 0 aliphatic carbocycles. The molecule has 1 heterocycles. The number of hydrogen-bond donors (Lipinski definition) is 1. The molecule has 3 nitrogen and oxygen atoms in total. The number of fused-ring (bicyclic) bond motifs is 2. The van der Waals surface area contributed by atoms with E-state index in [2.05, 4.69) is 34.6 Å². The Kier molecular flexibility index (Phi) is 3.24. The van der Waals surface area contributed by atoms with Crippen LogP contribution in [0, 0.1) is 0 Å². The Balaban J connectivity index is 1.97. The van der Waals surface area contributed by atoms with Gasteiger partial charge < -0.3 is 5.32 Å². The van der Waals surface area contributed by atoms with Crippen LogP contribution in [-0.4, -0.2) is 11.3 Å². The molecule has 0 saturated heterocycles. The number of rotatable bonds is 3. The summed E-state index contributed by atoms with van der Waals surface area (Å²) in [5, 5.41) is 7.56. The Labute approximate surface area is 133 Å². The van der Waals surface area contributed by atoms with Crippen LogP contribution in [0.3, 0.4) is 0 Å². The summed E-state index contributed by atoms with van der Waals surface area (Å²) in [7, 11) is 0. The first-order chi connectivity index (χ1) is 11.3. The number of anilines is 2. The minimum absolute atomic E-state index is 0.692.